The second-order valence-corrected chi connectivity index (χ2v) is 4.26. The van der Waals surface area contributed by atoms with E-state index < -0.39 is 0 Å². The SMILES string of the molecule is CC1(O)CCNCC1C1CC1. The second-order valence-electron chi connectivity index (χ2n) is 4.26. The molecule has 2 aliphatic rings. The highest BCUT2D eigenvalue weighted by molar-refractivity contribution is 4.96. The van der Waals surface area contributed by atoms with Crippen molar-refractivity contribution in [1.82, 2.24) is 5.32 Å². The van der Waals surface area contributed by atoms with E-state index in [0.29, 0.717) is 5.92 Å². The van der Waals surface area contributed by atoms with Gasteiger partial charge in [0.25, 0.3) is 0 Å². The Balaban J connectivity index is 2.02. The summed E-state index contributed by atoms with van der Waals surface area (Å²) < 4.78 is 0. The van der Waals surface area contributed by atoms with Crippen LogP contribution in [0.15, 0.2) is 0 Å². The summed E-state index contributed by atoms with van der Waals surface area (Å²) in [5.41, 5.74) is -0.383. The molecule has 1 heterocycles. The fourth-order valence-electron chi connectivity index (χ4n) is 2.18. The molecule has 2 heteroatoms. The summed E-state index contributed by atoms with van der Waals surface area (Å²) in [4.78, 5) is 0. The molecule has 2 N–H and O–H groups in total. The molecular formula is C9H17NO. The summed E-state index contributed by atoms with van der Waals surface area (Å²) in [5.74, 6) is 1.34. The van der Waals surface area contributed by atoms with Crippen LogP contribution in [-0.4, -0.2) is 23.8 Å². The lowest BCUT2D eigenvalue weighted by Crippen LogP contribution is -2.49. The van der Waals surface area contributed by atoms with E-state index in [9.17, 15) is 5.11 Å². The fraction of sp³-hybridized carbons (Fsp3) is 1.00. The summed E-state index contributed by atoms with van der Waals surface area (Å²) in [6, 6.07) is 0. The predicted octanol–water partition coefficient (Wildman–Crippen LogP) is 0.757. The summed E-state index contributed by atoms with van der Waals surface area (Å²) in [6.07, 6.45) is 3.60. The van der Waals surface area contributed by atoms with Gasteiger partial charge in [0.15, 0.2) is 0 Å². The first-order valence-corrected chi connectivity index (χ1v) is 4.63. The van der Waals surface area contributed by atoms with Crippen molar-refractivity contribution in [3.8, 4) is 0 Å². The van der Waals surface area contributed by atoms with Gasteiger partial charge in [0.1, 0.15) is 0 Å². The molecule has 1 saturated heterocycles. The van der Waals surface area contributed by atoms with Gasteiger partial charge < -0.3 is 10.4 Å². The minimum absolute atomic E-state index is 0.383. The third-order valence-electron chi connectivity index (χ3n) is 3.16. The van der Waals surface area contributed by atoms with Crippen LogP contribution in [-0.2, 0) is 0 Å². The molecule has 0 amide bonds. The lowest BCUT2D eigenvalue weighted by atomic mass is 9.80. The van der Waals surface area contributed by atoms with E-state index in [0.717, 1.165) is 25.4 Å². The third-order valence-corrected chi connectivity index (χ3v) is 3.16. The molecular weight excluding hydrogens is 138 g/mol. The number of aliphatic hydroxyl groups is 1. The lowest BCUT2D eigenvalue weighted by molar-refractivity contribution is -0.0325. The standard InChI is InChI=1S/C9H17NO/c1-9(11)4-5-10-6-8(9)7-2-3-7/h7-8,10-11H,2-6H2,1H3. The number of piperidine rings is 1. The number of rotatable bonds is 1. The van der Waals surface area contributed by atoms with Crippen LogP contribution in [0.25, 0.3) is 0 Å². The van der Waals surface area contributed by atoms with E-state index >= 15 is 0 Å². The van der Waals surface area contributed by atoms with Gasteiger partial charge in [0.2, 0.25) is 0 Å². The molecule has 64 valence electrons. The Kier molecular flexibility index (Phi) is 1.69. The van der Waals surface area contributed by atoms with Crippen LogP contribution in [0.2, 0.25) is 0 Å². The molecule has 2 rings (SSSR count). The number of hydrogen-bond donors (Lipinski definition) is 2. The predicted molar refractivity (Wildman–Crippen MR) is 44.3 cm³/mol. The molecule has 0 radical (unpaired) electrons. The van der Waals surface area contributed by atoms with E-state index in [-0.39, 0.29) is 5.60 Å². The lowest BCUT2D eigenvalue weighted by Gasteiger charge is -2.37. The molecule has 1 saturated carbocycles. The molecule has 0 spiro atoms. The van der Waals surface area contributed by atoms with Crippen LogP contribution < -0.4 is 5.32 Å². The number of nitrogens with one attached hydrogen (secondary N) is 1. The minimum Gasteiger partial charge on any atom is -0.390 e. The van der Waals surface area contributed by atoms with Crippen molar-refractivity contribution in [2.24, 2.45) is 11.8 Å². The Hall–Kier alpha value is -0.0800. The van der Waals surface area contributed by atoms with Gasteiger partial charge in [0, 0.05) is 12.5 Å². The second kappa shape index (κ2) is 2.46. The molecule has 0 aromatic heterocycles. The zero-order valence-corrected chi connectivity index (χ0v) is 7.14. The van der Waals surface area contributed by atoms with Crippen LogP contribution >= 0.6 is 0 Å². The maximum Gasteiger partial charge on any atom is 0.0674 e. The summed E-state index contributed by atoms with van der Waals surface area (Å²) in [5, 5.41) is 13.4. The van der Waals surface area contributed by atoms with Gasteiger partial charge in [-0.25, -0.2) is 0 Å². The quantitative estimate of drug-likeness (QED) is 0.586. The van der Waals surface area contributed by atoms with Crippen molar-refractivity contribution in [3.05, 3.63) is 0 Å². The minimum atomic E-state index is -0.383. The molecule has 0 bridgehead atoms. The van der Waals surface area contributed by atoms with Crippen molar-refractivity contribution in [2.75, 3.05) is 13.1 Å². The van der Waals surface area contributed by atoms with E-state index in [2.05, 4.69) is 5.32 Å². The molecule has 0 aromatic rings. The van der Waals surface area contributed by atoms with E-state index in [1.54, 1.807) is 0 Å². The fourth-order valence-corrected chi connectivity index (χ4v) is 2.18. The van der Waals surface area contributed by atoms with Gasteiger partial charge >= 0.3 is 0 Å². The van der Waals surface area contributed by atoms with Crippen LogP contribution in [0.4, 0.5) is 0 Å². The monoisotopic (exact) mass is 155 g/mol. The maximum atomic E-state index is 10.0. The number of hydrogen-bond acceptors (Lipinski definition) is 2. The van der Waals surface area contributed by atoms with E-state index in [1.165, 1.54) is 12.8 Å². The summed E-state index contributed by atoms with van der Waals surface area (Å²) in [7, 11) is 0. The first kappa shape index (κ1) is 7.56. The zero-order chi connectivity index (χ0) is 7.90. The van der Waals surface area contributed by atoms with E-state index in [1.807, 2.05) is 6.92 Å². The molecule has 1 aliphatic heterocycles. The highest BCUT2D eigenvalue weighted by atomic mass is 16.3. The average Bonchev–Trinajstić information content (AvgIpc) is 2.69. The Morgan fingerprint density at radius 1 is 1.45 bits per heavy atom. The third kappa shape index (κ3) is 1.42. The molecule has 1 aliphatic carbocycles. The Bertz CT molecular complexity index is 152. The molecule has 11 heavy (non-hydrogen) atoms. The van der Waals surface area contributed by atoms with Gasteiger partial charge in [-0.15, -0.1) is 0 Å². The molecule has 2 nitrogen and oxygen atoms in total. The van der Waals surface area contributed by atoms with Gasteiger partial charge in [-0.1, -0.05) is 0 Å². The normalized spacial score (nSPS) is 45.8. The van der Waals surface area contributed by atoms with Gasteiger partial charge in [-0.2, -0.15) is 0 Å². The highest BCUT2D eigenvalue weighted by Gasteiger charge is 2.43. The smallest absolute Gasteiger partial charge is 0.0674 e. The van der Waals surface area contributed by atoms with E-state index in [4.69, 9.17) is 0 Å². The van der Waals surface area contributed by atoms with Gasteiger partial charge in [-0.05, 0) is 38.6 Å². The van der Waals surface area contributed by atoms with Crippen LogP contribution in [0.3, 0.4) is 0 Å². The Morgan fingerprint density at radius 2 is 2.18 bits per heavy atom. The average molecular weight is 155 g/mol. The van der Waals surface area contributed by atoms with Crippen LogP contribution in [0, 0.1) is 11.8 Å². The molecule has 2 fully saturated rings. The maximum absolute atomic E-state index is 10.0. The van der Waals surface area contributed by atoms with Crippen molar-refractivity contribution in [2.45, 2.75) is 31.8 Å². The van der Waals surface area contributed by atoms with Crippen molar-refractivity contribution < 1.29 is 5.11 Å². The first-order valence-electron chi connectivity index (χ1n) is 4.63. The highest BCUT2D eigenvalue weighted by Crippen LogP contribution is 2.43. The van der Waals surface area contributed by atoms with Crippen molar-refractivity contribution >= 4 is 0 Å². The van der Waals surface area contributed by atoms with Gasteiger partial charge in [0.05, 0.1) is 5.60 Å². The van der Waals surface area contributed by atoms with Crippen LogP contribution in [0.5, 0.6) is 0 Å². The molecule has 2 unspecified atom stereocenters. The van der Waals surface area contributed by atoms with Gasteiger partial charge in [-0.3, -0.25) is 0 Å². The molecule has 2 atom stereocenters. The summed E-state index contributed by atoms with van der Waals surface area (Å²) in [6.45, 7) is 4.00. The Labute approximate surface area is 68.0 Å². The topological polar surface area (TPSA) is 32.3 Å². The first-order chi connectivity index (χ1) is 5.20. The molecule has 0 aromatic carbocycles. The zero-order valence-electron chi connectivity index (χ0n) is 7.14. The van der Waals surface area contributed by atoms with Crippen molar-refractivity contribution in [1.29, 1.82) is 0 Å². The Morgan fingerprint density at radius 3 is 2.73 bits per heavy atom. The van der Waals surface area contributed by atoms with Crippen LogP contribution in [0.1, 0.15) is 26.2 Å². The van der Waals surface area contributed by atoms with Crippen molar-refractivity contribution in [3.63, 3.8) is 0 Å². The largest absolute Gasteiger partial charge is 0.390 e. The summed E-state index contributed by atoms with van der Waals surface area (Å²) >= 11 is 0.